The summed E-state index contributed by atoms with van der Waals surface area (Å²) in [6.07, 6.45) is 30.1. The molecule has 4 aliphatic carbocycles. The van der Waals surface area contributed by atoms with Crippen LogP contribution in [0.2, 0.25) is 0 Å². The Hall–Kier alpha value is -14.9. The maximum absolute atomic E-state index is 14.6. The van der Waals surface area contributed by atoms with Crippen LogP contribution in [-0.2, 0) is 26.2 Å². The summed E-state index contributed by atoms with van der Waals surface area (Å²) in [6, 6.07) is 20.0. The number of ether oxygens (including phenoxy) is 5. The second-order valence-electron chi connectivity index (χ2n) is 37.4. The van der Waals surface area contributed by atoms with Crippen molar-refractivity contribution in [3.63, 3.8) is 0 Å². The first kappa shape index (κ1) is 93.7. The number of benzene rings is 2. The Morgan fingerprint density at radius 2 is 0.687 bits per heavy atom. The number of aromatic nitrogens is 22. The molecular formula is C106H127F4N27O13. The van der Waals surface area contributed by atoms with Crippen molar-refractivity contribution in [1.82, 2.24) is 108 Å². The number of hydrogen-bond donors (Lipinski definition) is 12. The zero-order valence-corrected chi connectivity index (χ0v) is 83.2. The highest BCUT2D eigenvalue weighted by Crippen LogP contribution is 2.45. The Bertz CT molecular complexity index is 7500. The summed E-state index contributed by atoms with van der Waals surface area (Å²) >= 11 is 0. The van der Waals surface area contributed by atoms with Gasteiger partial charge in [-0.25, -0.2) is 47.9 Å². The SMILES string of the molecule is CCNc1cc2c(cn1)c(-c1cnn(C[C@H](O)CO)c1)nn2C1CCC(Oc2cccc(OC)c2F)CC1.[2H]C([2H])([2H])C([2H])([2H])Nc1cc2c(cn1)c(-c1cnn(C[C@@H](O)CO)c1)nn2C1CCC(Oc2nccc(C)c2F)CC1.[2H]C([2H])([2H])C([2H])([2H])Nc1cc2c(cn1)c(-c1cnn(C[C@H](O)CO)c1)nn2C1CCC(Oc2nccc(C)c2F)CC1.[C-]#[N+]c1cccc(OC2CCC(n3nc(-c4cnn(C[C@H](O)CO)c4)c4cnc(NCC)cc43)CC2)c1F. The standard InChI is InChI=1S/C27H30FN7O3.C27H33FN6O4.2C26H32FN7O3/c1-3-30-25-11-23-21(13-31-25)27(17-12-32-34(14-17)15-19(37)16-36)33-35(23)18-7-9-20(10-8-18)38-24-6-4-5-22(29-2)26(24)28;1-3-29-25-11-22-21(13-30-25)27(17-12-31-33(14-17)15-19(36)16-35)32-34(22)18-7-9-20(10-8-18)38-24-6-4-5-23(37-2)26(24)28;2*1-3-28-23-10-22-21(12-30-23)25(17-11-31-33(13-17)14-19(36)15-35)32-34(22)18-4-6-20(7-5-18)37-26-24(27)16(2)8-9-29-26/h4-6,11-14,18-20,36-37H,3,7-10,15-16H2,1H3,(H,30,31);4-6,11-14,18-20,35-36H,3,7-10,15-16H2,1-2H3,(H,29,30);2*8-13,18-20,35-36H,3-7,14-15H2,1-2H3,(H,28,30)/t4*18?,19-,20?/m0010/s1/i;;2*1D3,3D2. The van der Waals surface area contributed by atoms with E-state index in [-0.39, 0.29) is 134 Å². The van der Waals surface area contributed by atoms with Gasteiger partial charge >= 0.3 is 0 Å². The smallest absolute Gasteiger partial charge is 0.250 e. The van der Waals surface area contributed by atoms with Gasteiger partial charge in [-0.15, -0.1) is 0 Å². The van der Waals surface area contributed by atoms with Crippen LogP contribution in [0.4, 0.5) is 46.5 Å². The number of nitrogens with zero attached hydrogens (tertiary/aromatic N) is 23. The number of rotatable bonds is 37. The van der Waals surface area contributed by atoms with E-state index in [1.165, 1.54) is 47.3 Å². The molecule has 0 radical (unpaired) electrons. The average molecular weight is 2070 g/mol. The van der Waals surface area contributed by atoms with Crippen molar-refractivity contribution in [3.05, 3.63) is 205 Å². The van der Waals surface area contributed by atoms with Gasteiger partial charge in [0.05, 0.1) is 174 Å². The maximum atomic E-state index is 14.6. The molecule has 4 atom stereocenters. The first-order valence-corrected chi connectivity index (χ1v) is 49.9. The van der Waals surface area contributed by atoms with Gasteiger partial charge in [0.15, 0.2) is 29.0 Å². The topological polar surface area (TPSA) is 480 Å². The van der Waals surface area contributed by atoms with Crippen molar-refractivity contribution in [2.45, 2.75) is 243 Å². The molecule has 4 saturated carbocycles. The number of halogens is 4. The molecule has 12 N–H and O–H groups in total. The largest absolute Gasteiger partial charge is 0.494 e. The van der Waals surface area contributed by atoms with Crippen LogP contribution in [0.15, 0.2) is 160 Å². The summed E-state index contributed by atoms with van der Waals surface area (Å²) in [7, 11) is 1.44. The summed E-state index contributed by atoms with van der Waals surface area (Å²) in [6.45, 7) is 3.74. The van der Waals surface area contributed by atoms with Crippen LogP contribution in [-0.4, -0.2) is 257 Å². The Morgan fingerprint density at radius 3 is 0.980 bits per heavy atom. The van der Waals surface area contributed by atoms with Gasteiger partial charge in [0.1, 0.15) is 64.0 Å². The summed E-state index contributed by atoms with van der Waals surface area (Å²) < 4.78 is 178. The molecule has 150 heavy (non-hydrogen) atoms. The van der Waals surface area contributed by atoms with E-state index >= 15 is 0 Å². The van der Waals surface area contributed by atoms with Crippen LogP contribution in [0.5, 0.6) is 29.0 Å². The lowest BCUT2D eigenvalue weighted by atomic mass is 9.93. The van der Waals surface area contributed by atoms with Crippen molar-refractivity contribution in [1.29, 1.82) is 0 Å². The third kappa shape index (κ3) is 25.0. The molecule has 4 aliphatic rings. The molecule has 14 heterocycles. The fraction of sp³-hybridized carbons (Fsp3) is 0.443. The molecule has 4 fully saturated rings. The van der Waals surface area contributed by atoms with Gasteiger partial charge < -0.3 is 85.8 Å². The lowest BCUT2D eigenvalue weighted by molar-refractivity contribution is 0.0782. The first-order chi connectivity index (χ1) is 76.7. The molecule has 40 nitrogen and oxygen atoms in total. The van der Waals surface area contributed by atoms with Gasteiger partial charge in [0.25, 0.3) is 11.8 Å². The van der Waals surface area contributed by atoms with E-state index in [0.717, 1.165) is 120 Å². The molecule has 0 aliphatic heterocycles. The number of pyridine rings is 6. The number of hydrogen-bond acceptors (Lipinski definition) is 31. The van der Waals surface area contributed by atoms with E-state index in [1.54, 1.807) is 121 Å². The molecule has 0 saturated heterocycles. The molecule has 0 amide bonds. The lowest BCUT2D eigenvalue weighted by Gasteiger charge is -2.29. The first-order valence-electron chi connectivity index (χ1n) is 54.9. The van der Waals surface area contributed by atoms with E-state index in [4.69, 9.17) is 74.6 Å². The van der Waals surface area contributed by atoms with Crippen molar-refractivity contribution in [3.8, 4) is 74.0 Å². The van der Waals surface area contributed by atoms with Gasteiger partial charge in [0, 0.05) is 170 Å². The fourth-order valence-electron chi connectivity index (χ4n) is 19.3. The Kier molecular flexibility index (Phi) is 30.9. The third-order valence-corrected chi connectivity index (χ3v) is 26.9. The van der Waals surface area contributed by atoms with Crippen LogP contribution in [0.1, 0.15) is 179 Å². The molecule has 0 bridgehead atoms. The minimum atomic E-state index is -2.92. The molecule has 16 aromatic rings. The average Bonchev–Trinajstić information content (AvgIpc) is 1.61. The van der Waals surface area contributed by atoms with E-state index in [2.05, 4.69) is 81.1 Å². The summed E-state index contributed by atoms with van der Waals surface area (Å²) in [4.78, 5) is 28.9. The number of aliphatic hydroxyl groups is 8. The molecule has 44 heteroatoms. The Morgan fingerprint density at radius 1 is 0.393 bits per heavy atom. The lowest BCUT2D eigenvalue weighted by Crippen LogP contribution is -2.27. The number of aryl methyl sites for hydroxylation is 2. The van der Waals surface area contributed by atoms with Crippen molar-refractivity contribution in [2.24, 2.45) is 0 Å². The molecular weight excluding hydrogens is 1940 g/mol. The highest BCUT2D eigenvalue weighted by atomic mass is 19.1. The molecule has 792 valence electrons. The van der Waals surface area contributed by atoms with Crippen LogP contribution in [0, 0.1) is 43.7 Å². The van der Waals surface area contributed by atoms with Crippen molar-refractivity contribution in [2.75, 3.05) is 80.9 Å². The van der Waals surface area contributed by atoms with Gasteiger partial charge in [-0.1, -0.05) is 18.2 Å². The van der Waals surface area contributed by atoms with Gasteiger partial charge in [-0.2, -0.15) is 45.2 Å². The van der Waals surface area contributed by atoms with Gasteiger partial charge in [-0.3, -0.25) is 37.5 Å². The number of aliphatic hydroxyl groups excluding tert-OH is 8. The normalized spacial score (nSPS) is 19.9. The second-order valence-corrected chi connectivity index (χ2v) is 37.4. The van der Waals surface area contributed by atoms with Crippen LogP contribution in [0.3, 0.4) is 0 Å². The van der Waals surface area contributed by atoms with Crippen molar-refractivity contribution >= 4 is 72.6 Å². The molecule has 2 aromatic carbocycles. The second kappa shape index (κ2) is 49.5. The fourth-order valence-corrected chi connectivity index (χ4v) is 19.3. The Labute approximate surface area is 876 Å². The minimum Gasteiger partial charge on any atom is -0.494 e. The maximum Gasteiger partial charge on any atom is 0.250 e. The van der Waals surface area contributed by atoms with E-state index < -0.39 is 87.6 Å². The monoisotopic (exact) mass is 2070 g/mol. The highest BCUT2D eigenvalue weighted by Gasteiger charge is 2.35. The number of methoxy groups -OCH3 is 1. The van der Waals surface area contributed by atoms with Gasteiger partial charge in [0.2, 0.25) is 11.5 Å². The van der Waals surface area contributed by atoms with Crippen LogP contribution < -0.4 is 45.0 Å². The number of nitrogens with one attached hydrogen (secondary N) is 4. The molecule has 14 aromatic heterocycles. The summed E-state index contributed by atoms with van der Waals surface area (Å²) in [5.41, 5.74) is 9.53. The molecule has 20 rings (SSSR count). The number of fused-ring (bicyclic) bond motifs is 4. The van der Waals surface area contributed by atoms with Crippen LogP contribution in [0.25, 0.3) is 93.5 Å². The molecule has 0 spiro atoms. The zero-order chi connectivity index (χ0) is 114. The molecule has 0 unspecified atom stereocenters. The van der Waals surface area contributed by atoms with Gasteiger partial charge in [-0.05, 0) is 186 Å². The predicted molar refractivity (Wildman–Crippen MR) is 555 cm³/mol. The Balaban J connectivity index is 0.000000144. The number of anilines is 4. The van der Waals surface area contributed by atoms with E-state index in [9.17, 15) is 48.2 Å². The summed E-state index contributed by atoms with van der Waals surface area (Å²) in [5.74, 6) is 0.0661. The van der Waals surface area contributed by atoms with E-state index in [1.807, 2.05) is 58.6 Å². The van der Waals surface area contributed by atoms with E-state index in [0.29, 0.717) is 107 Å². The summed E-state index contributed by atoms with van der Waals surface area (Å²) in [5, 5.41) is 127. The highest BCUT2D eigenvalue weighted by molar-refractivity contribution is 5.97. The van der Waals surface area contributed by atoms with Crippen molar-refractivity contribution < 1.29 is 95.8 Å². The quantitative estimate of drug-likeness (QED) is 0.0127. The van der Waals surface area contributed by atoms with Crippen LogP contribution >= 0.6 is 0 Å². The predicted octanol–water partition coefficient (Wildman–Crippen LogP) is 15.1. The zero-order valence-electron chi connectivity index (χ0n) is 93.2. The minimum absolute atomic E-state index is 0.0149. The third-order valence-electron chi connectivity index (χ3n) is 26.9.